The molecule has 0 spiro atoms. The number of pyridine rings is 1. The average molecular weight is 664 g/mol. The van der Waals surface area contributed by atoms with E-state index in [1.54, 1.807) is 12.1 Å². The number of aryl methyl sites for hydroxylation is 2. The number of hydrogen-bond donors (Lipinski definition) is 2. The first-order chi connectivity index (χ1) is 20.9. The van der Waals surface area contributed by atoms with Gasteiger partial charge in [-0.2, -0.15) is 0 Å². The molecule has 224 valence electrons. The van der Waals surface area contributed by atoms with Crippen molar-refractivity contribution in [2.45, 2.75) is 38.1 Å². The Morgan fingerprint density at radius 3 is 2.40 bits per heavy atom. The molecule has 3 aromatic rings. The van der Waals surface area contributed by atoms with Crippen molar-refractivity contribution in [2.75, 3.05) is 39.3 Å². The van der Waals surface area contributed by atoms with Crippen LogP contribution in [0.3, 0.4) is 0 Å². The molecule has 8 nitrogen and oxygen atoms in total. The Labute approximate surface area is 266 Å². The van der Waals surface area contributed by atoms with Crippen LogP contribution in [0.5, 0.6) is 0 Å². The first kappa shape index (κ1) is 29.8. The molecule has 1 aromatic heterocycles. The SMILES string of the molecule is N=C(NC(=O)c1ccccc1)N1CCC(CC(=O)N2CCN(C3c4ccc(Cl)cc4CCc4cc(Br)cnc43)CC2)CC1. The normalized spacial score (nSPS) is 19.3. The van der Waals surface area contributed by atoms with Gasteiger partial charge in [-0.1, -0.05) is 35.9 Å². The van der Waals surface area contributed by atoms with Crippen LogP contribution >= 0.6 is 27.5 Å². The lowest BCUT2D eigenvalue weighted by atomic mass is 9.92. The van der Waals surface area contributed by atoms with Crippen LogP contribution in [0.25, 0.3) is 0 Å². The summed E-state index contributed by atoms with van der Waals surface area (Å²) >= 11 is 9.99. The summed E-state index contributed by atoms with van der Waals surface area (Å²) in [5.41, 5.74) is 5.42. The number of nitrogens with zero attached hydrogens (tertiary/aromatic N) is 4. The number of piperazine rings is 1. The number of guanidine groups is 1. The number of hydrogen-bond acceptors (Lipinski definition) is 5. The van der Waals surface area contributed by atoms with Gasteiger partial charge in [-0.05, 0) is 94.6 Å². The molecule has 2 aromatic carbocycles. The van der Waals surface area contributed by atoms with Crippen molar-refractivity contribution in [2.24, 2.45) is 5.92 Å². The van der Waals surface area contributed by atoms with Crippen LogP contribution in [0.4, 0.5) is 0 Å². The zero-order valence-electron chi connectivity index (χ0n) is 24.1. The van der Waals surface area contributed by atoms with Crippen LogP contribution in [0.2, 0.25) is 5.02 Å². The molecule has 43 heavy (non-hydrogen) atoms. The molecular weight excluding hydrogens is 628 g/mol. The highest BCUT2D eigenvalue weighted by Gasteiger charge is 2.34. The van der Waals surface area contributed by atoms with Gasteiger partial charge < -0.3 is 9.80 Å². The van der Waals surface area contributed by atoms with E-state index in [1.807, 2.05) is 40.3 Å². The zero-order valence-corrected chi connectivity index (χ0v) is 26.4. The predicted octanol–water partition coefficient (Wildman–Crippen LogP) is 5.30. The number of carbonyl (C=O) groups is 2. The quantitative estimate of drug-likeness (QED) is 0.292. The van der Waals surface area contributed by atoms with Gasteiger partial charge in [0.05, 0.1) is 11.7 Å². The second-order valence-corrected chi connectivity index (χ2v) is 13.0. The number of fused-ring (bicyclic) bond motifs is 2. The first-order valence-electron chi connectivity index (χ1n) is 15.0. The van der Waals surface area contributed by atoms with Crippen molar-refractivity contribution >= 4 is 45.3 Å². The maximum absolute atomic E-state index is 13.4. The molecule has 6 rings (SSSR count). The van der Waals surface area contributed by atoms with Crippen LogP contribution in [0.1, 0.15) is 58.0 Å². The van der Waals surface area contributed by atoms with Gasteiger partial charge >= 0.3 is 0 Å². The summed E-state index contributed by atoms with van der Waals surface area (Å²) in [4.78, 5) is 37.1. The van der Waals surface area contributed by atoms with Crippen molar-refractivity contribution in [3.63, 3.8) is 0 Å². The maximum Gasteiger partial charge on any atom is 0.257 e. The maximum atomic E-state index is 13.4. The number of aromatic nitrogens is 1. The lowest BCUT2D eigenvalue weighted by Gasteiger charge is -2.40. The minimum absolute atomic E-state index is 0.0390. The van der Waals surface area contributed by atoms with Crippen LogP contribution in [-0.2, 0) is 17.6 Å². The molecule has 2 saturated heterocycles. The second kappa shape index (κ2) is 13.2. The Morgan fingerprint density at radius 2 is 1.65 bits per heavy atom. The summed E-state index contributed by atoms with van der Waals surface area (Å²) in [6.45, 7) is 4.28. The summed E-state index contributed by atoms with van der Waals surface area (Å²) < 4.78 is 0.990. The summed E-state index contributed by atoms with van der Waals surface area (Å²) in [6, 6.07) is 17.4. The molecule has 1 aliphatic carbocycles. The van der Waals surface area contributed by atoms with E-state index >= 15 is 0 Å². The molecule has 3 aliphatic rings. The Hall–Kier alpha value is -3.27. The molecule has 0 bridgehead atoms. The van der Waals surface area contributed by atoms with Crippen LogP contribution in [-0.4, -0.2) is 76.7 Å². The fourth-order valence-corrected chi connectivity index (χ4v) is 7.17. The Bertz CT molecular complexity index is 1450. The standard InChI is InChI=1S/C33H36BrClN6O2/c34-26-19-25-7-6-24-20-27(35)8-9-28(24)31(30(25)37-21-26)40-16-14-39(15-17-40)29(42)18-22-10-12-41(13-11-22)33(36)38-32(43)23-4-2-1-3-5-23/h1-5,8-9,19-22,31H,6-7,10-18H2,(H2,36,38,43). The van der Waals surface area contributed by atoms with Crippen molar-refractivity contribution in [3.8, 4) is 0 Å². The fraction of sp³-hybridized carbons (Fsp3) is 0.394. The van der Waals surface area contributed by atoms with Crippen LogP contribution in [0, 0.1) is 11.3 Å². The van der Waals surface area contributed by atoms with Gasteiger partial charge in [-0.15, -0.1) is 0 Å². The van der Waals surface area contributed by atoms with Gasteiger partial charge in [0, 0.05) is 66.9 Å². The lowest BCUT2D eigenvalue weighted by Crippen LogP contribution is -2.51. The monoisotopic (exact) mass is 662 g/mol. The molecule has 0 saturated carbocycles. The summed E-state index contributed by atoms with van der Waals surface area (Å²) in [6.07, 6.45) is 5.91. The van der Waals surface area contributed by atoms with Gasteiger partial charge in [-0.25, -0.2) is 0 Å². The number of nitrogens with one attached hydrogen (secondary N) is 2. The van der Waals surface area contributed by atoms with Crippen LogP contribution in [0.15, 0.2) is 65.3 Å². The van der Waals surface area contributed by atoms with E-state index in [2.05, 4.69) is 44.3 Å². The molecule has 3 heterocycles. The van der Waals surface area contributed by atoms with Gasteiger partial charge in [0.2, 0.25) is 5.91 Å². The smallest absolute Gasteiger partial charge is 0.257 e. The average Bonchev–Trinajstić information content (AvgIpc) is 3.18. The highest BCUT2D eigenvalue weighted by Crippen LogP contribution is 2.38. The molecule has 0 radical (unpaired) electrons. The van der Waals surface area contributed by atoms with E-state index in [0.29, 0.717) is 38.2 Å². The van der Waals surface area contributed by atoms with E-state index in [1.165, 1.54) is 16.7 Å². The van der Waals surface area contributed by atoms with Gasteiger partial charge in [-0.3, -0.25) is 30.2 Å². The van der Waals surface area contributed by atoms with E-state index in [0.717, 1.165) is 54.0 Å². The van der Waals surface area contributed by atoms with Gasteiger partial charge in [0.25, 0.3) is 5.91 Å². The van der Waals surface area contributed by atoms with Crippen molar-refractivity contribution < 1.29 is 9.59 Å². The van der Waals surface area contributed by atoms with Gasteiger partial charge in [0.15, 0.2) is 5.96 Å². The number of likely N-dealkylation sites (tertiary alicyclic amines) is 1. The van der Waals surface area contributed by atoms with Crippen molar-refractivity contribution in [3.05, 3.63) is 98.2 Å². The Morgan fingerprint density at radius 1 is 0.930 bits per heavy atom. The van der Waals surface area contributed by atoms with E-state index in [4.69, 9.17) is 22.0 Å². The van der Waals surface area contributed by atoms with Gasteiger partial charge in [0.1, 0.15) is 0 Å². The van der Waals surface area contributed by atoms with E-state index in [-0.39, 0.29) is 29.7 Å². The molecule has 2 aliphatic heterocycles. The predicted molar refractivity (Wildman–Crippen MR) is 171 cm³/mol. The van der Waals surface area contributed by atoms with Crippen molar-refractivity contribution in [1.82, 2.24) is 25.0 Å². The summed E-state index contributed by atoms with van der Waals surface area (Å²) in [7, 11) is 0. The number of benzene rings is 2. The molecular formula is C33H36BrClN6O2. The van der Waals surface area contributed by atoms with Crippen LogP contribution < -0.4 is 5.32 Å². The number of piperidine rings is 1. The minimum atomic E-state index is -0.273. The van der Waals surface area contributed by atoms with Crippen molar-refractivity contribution in [1.29, 1.82) is 5.41 Å². The third-order valence-electron chi connectivity index (χ3n) is 8.98. The molecule has 1 atom stereocenters. The topological polar surface area (TPSA) is 92.6 Å². The molecule has 2 amide bonds. The highest BCUT2D eigenvalue weighted by atomic mass is 79.9. The second-order valence-electron chi connectivity index (χ2n) is 11.7. The summed E-state index contributed by atoms with van der Waals surface area (Å²) in [5, 5.41) is 11.8. The Balaban J connectivity index is 1.03. The number of halogens is 2. The highest BCUT2D eigenvalue weighted by molar-refractivity contribution is 9.10. The lowest BCUT2D eigenvalue weighted by molar-refractivity contribution is -0.134. The summed E-state index contributed by atoms with van der Waals surface area (Å²) in [5.74, 6) is 0.347. The molecule has 1 unspecified atom stereocenters. The zero-order chi connectivity index (χ0) is 29.9. The number of amides is 2. The first-order valence-corrected chi connectivity index (χ1v) is 16.2. The molecule has 2 N–H and O–H groups in total. The fourth-order valence-electron chi connectivity index (χ4n) is 6.60. The Kier molecular flexibility index (Phi) is 9.12. The van der Waals surface area contributed by atoms with E-state index in [9.17, 15) is 9.59 Å². The third kappa shape index (κ3) is 6.79. The number of rotatable bonds is 4. The minimum Gasteiger partial charge on any atom is -0.343 e. The largest absolute Gasteiger partial charge is 0.343 e. The molecule has 2 fully saturated rings. The number of carbonyl (C=O) groups excluding carboxylic acids is 2. The molecule has 10 heteroatoms. The third-order valence-corrected chi connectivity index (χ3v) is 9.65. The van der Waals surface area contributed by atoms with E-state index < -0.39 is 0 Å².